The molecule has 0 spiro atoms. The molecule has 0 aliphatic heterocycles. The Hall–Kier alpha value is -1.68. The molecule has 0 radical (unpaired) electrons. The van der Waals surface area contributed by atoms with Crippen molar-refractivity contribution in [1.82, 2.24) is 15.2 Å². The fourth-order valence-corrected chi connectivity index (χ4v) is 1.39. The Labute approximate surface area is 92.3 Å². The van der Waals surface area contributed by atoms with Crippen molar-refractivity contribution in [3.63, 3.8) is 0 Å². The summed E-state index contributed by atoms with van der Waals surface area (Å²) in [6, 6.07) is 7.39. The summed E-state index contributed by atoms with van der Waals surface area (Å²) in [4.78, 5) is 4.08. The summed E-state index contributed by atoms with van der Waals surface area (Å²) in [7, 11) is 1.80. The number of benzene rings is 1. The van der Waals surface area contributed by atoms with E-state index < -0.39 is 0 Å². The first-order valence-electron chi connectivity index (χ1n) is 4.42. The highest BCUT2D eigenvalue weighted by atomic mass is 35.5. The number of halogens is 1. The molecule has 76 valence electrons. The SMILES string of the molecule is CNc1ncnnc1-c1ccc(Cl)cc1. The lowest BCUT2D eigenvalue weighted by Gasteiger charge is -2.05. The van der Waals surface area contributed by atoms with Gasteiger partial charge in [-0.1, -0.05) is 23.7 Å². The highest BCUT2D eigenvalue weighted by Gasteiger charge is 2.06. The quantitative estimate of drug-likeness (QED) is 0.843. The van der Waals surface area contributed by atoms with Gasteiger partial charge in [0.25, 0.3) is 0 Å². The zero-order chi connectivity index (χ0) is 10.7. The molecule has 0 unspecified atom stereocenters. The lowest BCUT2D eigenvalue weighted by molar-refractivity contribution is 0.978. The number of nitrogens with zero attached hydrogens (tertiary/aromatic N) is 3. The van der Waals surface area contributed by atoms with Crippen molar-refractivity contribution in [3.8, 4) is 11.3 Å². The maximum absolute atomic E-state index is 5.81. The van der Waals surface area contributed by atoms with Crippen molar-refractivity contribution in [2.24, 2.45) is 0 Å². The van der Waals surface area contributed by atoms with Gasteiger partial charge in [0.15, 0.2) is 5.82 Å². The van der Waals surface area contributed by atoms with Crippen LogP contribution in [0.25, 0.3) is 11.3 Å². The van der Waals surface area contributed by atoms with Crippen LogP contribution >= 0.6 is 11.6 Å². The minimum absolute atomic E-state index is 0.696. The third-order valence-corrected chi connectivity index (χ3v) is 2.23. The maximum Gasteiger partial charge on any atom is 0.156 e. The van der Waals surface area contributed by atoms with E-state index in [9.17, 15) is 0 Å². The van der Waals surface area contributed by atoms with Crippen molar-refractivity contribution in [1.29, 1.82) is 0 Å². The molecule has 0 amide bonds. The summed E-state index contributed by atoms with van der Waals surface area (Å²) in [5.74, 6) is 0.701. The Bertz CT molecular complexity index is 455. The first-order chi connectivity index (χ1) is 7.31. The lowest BCUT2D eigenvalue weighted by atomic mass is 10.1. The van der Waals surface area contributed by atoms with Crippen LogP contribution in [0.15, 0.2) is 30.6 Å². The van der Waals surface area contributed by atoms with E-state index in [0.29, 0.717) is 10.8 Å². The molecule has 1 aromatic carbocycles. The minimum atomic E-state index is 0.696. The number of anilines is 1. The molecular weight excluding hydrogens is 212 g/mol. The predicted molar refractivity (Wildman–Crippen MR) is 59.8 cm³/mol. The van der Waals surface area contributed by atoms with Gasteiger partial charge in [-0.15, -0.1) is 10.2 Å². The van der Waals surface area contributed by atoms with E-state index in [2.05, 4.69) is 20.5 Å². The van der Waals surface area contributed by atoms with Gasteiger partial charge in [-0.05, 0) is 12.1 Å². The molecule has 2 aromatic rings. The van der Waals surface area contributed by atoms with Crippen LogP contribution in [0.4, 0.5) is 5.82 Å². The Morgan fingerprint density at radius 3 is 2.60 bits per heavy atom. The van der Waals surface area contributed by atoms with Crippen LogP contribution in [0, 0.1) is 0 Å². The first kappa shape index (κ1) is 9.86. The monoisotopic (exact) mass is 220 g/mol. The van der Waals surface area contributed by atoms with Gasteiger partial charge in [0.1, 0.15) is 12.0 Å². The normalized spacial score (nSPS) is 10.0. The zero-order valence-corrected chi connectivity index (χ0v) is 8.86. The van der Waals surface area contributed by atoms with Crippen molar-refractivity contribution in [3.05, 3.63) is 35.6 Å². The molecule has 1 N–H and O–H groups in total. The fraction of sp³-hybridized carbons (Fsp3) is 0.100. The summed E-state index contributed by atoms with van der Waals surface area (Å²) in [5.41, 5.74) is 1.65. The first-order valence-corrected chi connectivity index (χ1v) is 4.80. The summed E-state index contributed by atoms with van der Waals surface area (Å²) in [6.07, 6.45) is 1.41. The van der Waals surface area contributed by atoms with Crippen molar-refractivity contribution < 1.29 is 0 Å². The number of aromatic nitrogens is 3. The highest BCUT2D eigenvalue weighted by molar-refractivity contribution is 6.30. The lowest BCUT2D eigenvalue weighted by Crippen LogP contribution is -1.99. The number of hydrogen-bond donors (Lipinski definition) is 1. The molecule has 5 heteroatoms. The largest absolute Gasteiger partial charge is 0.371 e. The molecule has 15 heavy (non-hydrogen) atoms. The Morgan fingerprint density at radius 2 is 1.93 bits per heavy atom. The number of hydrogen-bond acceptors (Lipinski definition) is 4. The van der Waals surface area contributed by atoms with Crippen molar-refractivity contribution in [2.45, 2.75) is 0 Å². The second-order valence-corrected chi connectivity index (χ2v) is 3.35. The Kier molecular flexibility index (Phi) is 2.78. The fourth-order valence-electron chi connectivity index (χ4n) is 1.26. The van der Waals surface area contributed by atoms with Gasteiger partial charge in [0.05, 0.1) is 0 Å². The molecule has 1 aromatic heterocycles. The van der Waals surface area contributed by atoms with Gasteiger partial charge in [0, 0.05) is 17.6 Å². The highest BCUT2D eigenvalue weighted by Crippen LogP contribution is 2.23. The van der Waals surface area contributed by atoms with Gasteiger partial charge in [0.2, 0.25) is 0 Å². The van der Waals surface area contributed by atoms with E-state index in [4.69, 9.17) is 11.6 Å². The van der Waals surface area contributed by atoms with E-state index in [-0.39, 0.29) is 0 Å². The second kappa shape index (κ2) is 4.23. The summed E-state index contributed by atoms with van der Waals surface area (Å²) >= 11 is 5.81. The third kappa shape index (κ3) is 2.05. The molecule has 0 saturated heterocycles. The minimum Gasteiger partial charge on any atom is -0.371 e. The number of rotatable bonds is 2. The Balaban J connectivity index is 2.49. The van der Waals surface area contributed by atoms with E-state index in [1.165, 1.54) is 6.33 Å². The van der Waals surface area contributed by atoms with Crippen LogP contribution in [0.2, 0.25) is 5.02 Å². The second-order valence-electron chi connectivity index (χ2n) is 2.91. The molecule has 0 bridgehead atoms. The van der Waals surface area contributed by atoms with E-state index in [1.54, 1.807) is 7.05 Å². The molecule has 0 aliphatic rings. The molecule has 0 atom stereocenters. The van der Waals surface area contributed by atoms with Gasteiger partial charge in [-0.2, -0.15) is 0 Å². The summed E-state index contributed by atoms with van der Waals surface area (Å²) < 4.78 is 0. The number of nitrogens with one attached hydrogen (secondary N) is 1. The predicted octanol–water partition coefficient (Wildman–Crippen LogP) is 2.23. The van der Waals surface area contributed by atoms with Gasteiger partial charge >= 0.3 is 0 Å². The van der Waals surface area contributed by atoms with Gasteiger partial charge in [-0.25, -0.2) is 4.98 Å². The van der Waals surface area contributed by atoms with Crippen LogP contribution in [-0.4, -0.2) is 22.2 Å². The van der Waals surface area contributed by atoms with Crippen LogP contribution in [0.3, 0.4) is 0 Å². The topological polar surface area (TPSA) is 50.7 Å². The van der Waals surface area contributed by atoms with Crippen LogP contribution in [-0.2, 0) is 0 Å². The smallest absolute Gasteiger partial charge is 0.156 e. The van der Waals surface area contributed by atoms with Crippen molar-refractivity contribution >= 4 is 17.4 Å². The van der Waals surface area contributed by atoms with Gasteiger partial charge < -0.3 is 5.32 Å². The average Bonchev–Trinajstić information content (AvgIpc) is 2.30. The molecule has 4 nitrogen and oxygen atoms in total. The van der Waals surface area contributed by atoms with Crippen LogP contribution in [0.1, 0.15) is 0 Å². The van der Waals surface area contributed by atoms with Gasteiger partial charge in [-0.3, -0.25) is 0 Å². The maximum atomic E-state index is 5.81. The Morgan fingerprint density at radius 1 is 1.20 bits per heavy atom. The molecule has 0 saturated carbocycles. The van der Waals surface area contributed by atoms with Crippen LogP contribution in [0.5, 0.6) is 0 Å². The standard InChI is InChI=1S/C10H9ClN4/c1-12-10-9(15-14-6-13-10)7-2-4-8(11)5-3-7/h2-6H,1H3,(H,12,13,14). The molecular formula is C10H9ClN4. The molecule has 0 aliphatic carbocycles. The van der Waals surface area contributed by atoms with Crippen LogP contribution < -0.4 is 5.32 Å². The average molecular weight is 221 g/mol. The molecule has 1 heterocycles. The van der Waals surface area contributed by atoms with E-state index in [0.717, 1.165) is 11.3 Å². The third-order valence-electron chi connectivity index (χ3n) is 1.97. The van der Waals surface area contributed by atoms with E-state index >= 15 is 0 Å². The summed E-state index contributed by atoms with van der Waals surface area (Å²) in [5, 5.41) is 11.4. The summed E-state index contributed by atoms with van der Waals surface area (Å²) in [6.45, 7) is 0. The van der Waals surface area contributed by atoms with Crippen molar-refractivity contribution in [2.75, 3.05) is 12.4 Å². The van der Waals surface area contributed by atoms with E-state index in [1.807, 2.05) is 24.3 Å². The molecule has 2 rings (SSSR count). The molecule has 0 fully saturated rings. The zero-order valence-electron chi connectivity index (χ0n) is 8.11.